The summed E-state index contributed by atoms with van der Waals surface area (Å²) in [5.41, 5.74) is 0. The van der Waals surface area contributed by atoms with Gasteiger partial charge in [-0.2, -0.15) is 0 Å². The second kappa shape index (κ2) is 6.36. The minimum Gasteiger partial charge on any atom is -0.388 e. The van der Waals surface area contributed by atoms with Gasteiger partial charge in [-0.1, -0.05) is 9.05 Å². The third-order valence-electron chi connectivity index (χ3n) is 1.21. The van der Waals surface area contributed by atoms with E-state index >= 15 is 0 Å². The van der Waals surface area contributed by atoms with Crippen molar-refractivity contribution in [3.8, 4) is 0 Å². The van der Waals surface area contributed by atoms with Gasteiger partial charge in [0.05, 0.1) is 0 Å². The molecule has 0 spiro atoms. The summed E-state index contributed by atoms with van der Waals surface area (Å²) in [5.74, 6) is 0. The minimum atomic E-state index is -2.79. The van der Waals surface area contributed by atoms with Gasteiger partial charge in [-0.15, -0.1) is 0 Å². The van der Waals surface area contributed by atoms with Crippen LogP contribution in [0.2, 0.25) is 0 Å². The van der Waals surface area contributed by atoms with Crippen LogP contribution in [0.4, 0.5) is 0 Å². The topological polar surface area (TPSA) is 116 Å². The predicted molar refractivity (Wildman–Crippen MR) is 45.2 cm³/mol. The Balaban J connectivity index is 3.87. The van der Waals surface area contributed by atoms with E-state index < -0.39 is 33.0 Å². The molecule has 4 N–H and O–H groups in total. The van der Waals surface area contributed by atoms with Crippen molar-refractivity contribution in [3.05, 3.63) is 0 Å². The highest BCUT2D eigenvalue weighted by molar-refractivity contribution is 7.33. The Bertz CT molecular complexity index is 165. The number of aliphatic hydroxyl groups is 4. The first-order chi connectivity index (χ1) is 6.34. The summed E-state index contributed by atoms with van der Waals surface area (Å²) in [6, 6.07) is 0. The maximum absolute atomic E-state index is 10.8. The molecule has 0 heterocycles. The van der Waals surface area contributed by atoms with Gasteiger partial charge in [0.2, 0.25) is 12.6 Å². The second-order valence-corrected chi connectivity index (χ2v) is 3.57. The Morgan fingerprint density at radius 3 is 1.43 bits per heavy atom. The lowest BCUT2D eigenvalue weighted by Crippen LogP contribution is -2.26. The molecule has 7 nitrogen and oxygen atoms in total. The molecule has 0 aliphatic rings. The third kappa shape index (κ3) is 5.56. The molecule has 0 unspecified atom stereocenters. The Kier molecular flexibility index (Phi) is 6.30. The van der Waals surface area contributed by atoms with Gasteiger partial charge in [-0.05, 0) is 13.8 Å². The largest absolute Gasteiger partial charge is 0.703 e. The molecule has 0 rings (SSSR count). The molecule has 84 valence electrons. The molecule has 0 bridgehead atoms. The van der Waals surface area contributed by atoms with Crippen LogP contribution in [0.3, 0.4) is 0 Å². The average Bonchev–Trinajstić information content (AvgIpc) is 2.03. The molecule has 0 aromatic rings. The quantitative estimate of drug-likeness (QED) is 0.343. The average molecular weight is 229 g/mol. The van der Waals surface area contributed by atoms with Crippen molar-refractivity contribution in [2.45, 2.75) is 38.6 Å². The number of rotatable bonds is 6. The summed E-state index contributed by atoms with van der Waals surface area (Å²) < 4.78 is 19.3. The summed E-state index contributed by atoms with van der Waals surface area (Å²) >= 11 is 0. The first-order valence-corrected chi connectivity index (χ1v) is 4.97. The smallest absolute Gasteiger partial charge is 0.388 e. The standard InChI is InChI=1S/C6H14O7P/c1-3(7)5(9)12-14(11)13-6(10)4(2)8/h3-10H,1-2H3/q+1/t3-,4-,5-,6-/m0/s1. The zero-order chi connectivity index (χ0) is 11.3. The molecular formula is C6H14O7P+. The van der Waals surface area contributed by atoms with Crippen LogP contribution in [0.15, 0.2) is 0 Å². The Morgan fingerprint density at radius 2 is 1.21 bits per heavy atom. The lowest BCUT2D eigenvalue weighted by atomic mass is 10.4. The Morgan fingerprint density at radius 1 is 0.929 bits per heavy atom. The van der Waals surface area contributed by atoms with Crippen LogP contribution in [0.5, 0.6) is 0 Å². The van der Waals surface area contributed by atoms with Gasteiger partial charge in [0, 0.05) is 4.57 Å². The van der Waals surface area contributed by atoms with Crippen molar-refractivity contribution in [2.24, 2.45) is 0 Å². The molecule has 14 heavy (non-hydrogen) atoms. The fraction of sp³-hybridized carbons (Fsp3) is 1.00. The molecule has 4 atom stereocenters. The fourth-order valence-electron chi connectivity index (χ4n) is 0.377. The Labute approximate surface area is 81.8 Å². The van der Waals surface area contributed by atoms with Crippen molar-refractivity contribution in [1.82, 2.24) is 0 Å². The van der Waals surface area contributed by atoms with E-state index in [1.165, 1.54) is 13.8 Å². The molecular weight excluding hydrogens is 215 g/mol. The lowest BCUT2D eigenvalue weighted by molar-refractivity contribution is -0.127. The van der Waals surface area contributed by atoms with E-state index in [1.807, 2.05) is 0 Å². The van der Waals surface area contributed by atoms with E-state index in [2.05, 4.69) is 9.05 Å². The first kappa shape index (κ1) is 13.9. The normalized spacial score (nSPS) is 19.9. The van der Waals surface area contributed by atoms with Gasteiger partial charge in [0.15, 0.2) is 0 Å². The number of aliphatic hydroxyl groups excluding tert-OH is 4. The fourth-order valence-corrected chi connectivity index (χ4v) is 1.13. The van der Waals surface area contributed by atoms with Gasteiger partial charge < -0.3 is 20.4 Å². The van der Waals surface area contributed by atoms with Crippen LogP contribution in [0.25, 0.3) is 0 Å². The monoisotopic (exact) mass is 229 g/mol. The molecule has 0 amide bonds. The van der Waals surface area contributed by atoms with Gasteiger partial charge in [0.25, 0.3) is 0 Å². The van der Waals surface area contributed by atoms with Crippen molar-refractivity contribution in [1.29, 1.82) is 0 Å². The van der Waals surface area contributed by atoms with E-state index in [1.54, 1.807) is 0 Å². The van der Waals surface area contributed by atoms with Crippen LogP contribution in [-0.2, 0) is 13.6 Å². The molecule has 0 saturated carbocycles. The third-order valence-corrected chi connectivity index (χ3v) is 1.99. The summed E-state index contributed by atoms with van der Waals surface area (Å²) in [7, 11) is -2.79. The highest BCUT2D eigenvalue weighted by Crippen LogP contribution is 2.28. The van der Waals surface area contributed by atoms with Gasteiger partial charge in [-0.3, -0.25) is 0 Å². The molecule has 0 radical (unpaired) electrons. The van der Waals surface area contributed by atoms with Crippen molar-refractivity contribution in [3.63, 3.8) is 0 Å². The van der Waals surface area contributed by atoms with Crippen molar-refractivity contribution < 1.29 is 34.0 Å². The molecule has 0 aliphatic heterocycles. The number of hydrogen-bond acceptors (Lipinski definition) is 7. The highest BCUT2D eigenvalue weighted by atomic mass is 31.1. The zero-order valence-electron chi connectivity index (χ0n) is 7.77. The molecule has 0 aromatic heterocycles. The summed E-state index contributed by atoms with van der Waals surface area (Å²) in [6.07, 6.45) is -5.80. The number of hydrogen-bond donors (Lipinski definition) is 4. The highest BCUT2D eigenvalue weighted by Gasteiger charge is 2.33. The van der Waals surface area contributed by atoms with Crippen LogP contribution in [0, 0.1) is 0 Å². The first-order valence-electron chi connectivity index (χ1n) is 3.87. The van der Waals surface area contributed by atoms with Crippen molar-refractivity contribution in [2.75, 3.05) is 0 Å². The van der Waals surface area contributed by atoms with E-state index in [4.69, 9.17) is 20.4 Å². The van der Waals surface area contributed by atoms with E-state index in [-0.39, 0.29) is 0 Å². The maximum Gasteiger partial charge on any atom is 0.703 e. The molecule has 0 saturated heterocycles. The lowest BCUT2D eigenvalue weighted by Gasteiger charge is -2.08. The summed E-state index contributed by atoms with van der Waals surface area (Å²) in [6.45, 7) is 2.44. The van der Waals surface area contributed by atoms with E-state index in [0.717, 1.165) is 0 Å². The molecule has 0 aliphatic carbocycles. The van der Waals surface area contributed by atoms with Gasteiger partial charge in [-0.25, -0.2) is 0 Å². The van der Waals surface area contributed by atoms with Crippen LogP contribution in [0.1, 0.15) is 13.8 Å². The summed E-state index contributed by atoms with van der Waals surface area (Å²) in [4.78, 5) is 0. The van der Waals surface area contributed by atoms with E-state index in [0.29, 0.717) is 0 Å². The SMILES string of the molecule is C[C@H](O)[C@@H](O)O[P+](=O)O[C@H](O)[C@H](C)O. The van der Waals surface area contributed by atoms with Gasteiger partial charge in [0.1, 0.15) is 12.2 Å². The van der Waals surface area contributed by atoms with Crippen LogP contribution < -0.4 is 0 Å². The van der Waals surface area contributed by atoms with Crippen LogP contribution in [-0.4, -0.2) is 45.2 Å². The van der Waals surface area contributed by atoms with Crippen LogP contribution >= 0.6 is 8.25 Å². The zero-order valence-corrected chi connectivity index (χ0v) is 8.66. The second-order valence-electron chi connectivity index (χ2n) is 2.70. The predicted octanol–water partition coefficient (Wildman–Crippen LogP) is -0.925. The molecule has 0 fully saturated rings. The van der Waals surface area contributed by atoms with Gasteiger partial charge >= 0.3 is 8.25 Å². The molecule has 0 aromatic carbocycles. The van der Waals surface area contributed by atoms with Crippen molar-refractivity contribution >= 4 is 8.25 Å². The minimum absolute atomic E-state index is 1.22. The Hall–Kier alpha value is -0.140. The maximum atomic E-state index is 10.8. The summed E-state index contributed by atoms with van der Waals surface area (Å²) in [5, 5.41) is 35.2. The molecule has 8 heteroatoms. The van der Waals surface area contributed by atoms with E-state index in [9.17, 15) is 4.57 Å².